The Balaban J connectivity index is 2.32. The van der Waals surface area contributed by atoms with E-state index in [1.54, 1.807) is 6.08 Å². The van der Waals surface area contributed by atoms with Crippen molar-refractivity contribution in [2.45, 2.75) is 37.5 Å². The summed E-state index contributed by atoms with van der Waals surface area (Å²) in [5, 5.41) is 9.76. The molecule has 2 aliphatic rings. The van der Waals surface area contributed by atoms with Gasteiger partial charge in [-0.15, -0.1) is 0 Å². The van der Waals surface area contributed by atoms with Crippen molar-refractivity contribution < 1.29 is 23.0 Å². The van der Waals surface area contributed by atoms with E-state index in [4.69, 9.17) is 4.74 Å². The number of fused-ring (bicyclic) bond motifs is 1. The van der Waals surface area contributed by atoms with Gasteiger partial charge < -0.3 is 9.84 Å². The minimum atomic E-state index is -4.57. The minimum Gasteiger partial charge on any atom is -0.498 e. The first-order valence-corrected chi connectivity index (χ1v) is 5.07. The molecule has 2 unspecified atom stereocenters. The predicted molar refractivity (Wildman–Crippen MR) is 47.0 cm³/mol. The molecule has 1 saturated heterocycles. The Bertz CT molecular complexity index is 285. The first-order valence-electron chi connectivity index (χ1n) is 5.07. The number of aliphatic hydroxyl groups is 1. The zero-order valence-corrected chi connectivity index (χ0v) is 8.18. The fourth-order valence-corrected chi connectivity index (χ4v) is 2.32. The summed E-state index contributed by atoms with van der Waals surface area (Å²) in [7, 11) is 0. The van der Waals surface area contributed by atoms with E-state index in [0.29, 0.717) is 18.6 Å². The standard InChI is InChI=1S/C10H13F3O2/c11-10(12,13)9(14)5-6-15-8-4-2-1-3-7(8)9/h4,7,14H,1-3,5-6H2. The highest BCUT2D eigenvalue weighted by Gasteiger charge is 2.61. The third-order valence-electron chi connectivity index (χ3n) is 3.21. The molecule has 1 heterocycles. The van der Waals surface area contributed by atoms with Gasteiger partial charge in [0.1, 0.15) is 0 Å². The number of ether oxygens (including phenoxy) is 1. The number of rotatable bonds is 0. The summed E-state index contributed by atoms with van der Waals surface area (Å²) in [5.41, 5.74) is -2.59. The van der Waals surface area contributed by atoms with Crippen molar-refractivity contribution in [2.75, 3.05) is 6.61 Å². The van der Waals surface area contributed by atoms with Crippen LogP contribution in [0, 0.1) is 5.92 Å². The molecule has 1 fully saturated rings. The Morgan fingerprint density at radius 1 is 1.47 bits per heavy atom. The van der Waals surface area contributed by atoms with Crippen molar-refractivity contribution in [3.8, 4) is 0 Å². The maximum Gasteiger partial charge on any atom is 0.418 e. The molecule has 2 atom stereocenters. The van der Waals surface area contributed by atoms with Crippen molar-refractivity contribution in [2.24, 2.45) is 5.92 Å². The molecule has 86 valence electrons. The monoisotopic (exact) mass is 222 g/mol. The van der Waals surface area contributed by atoms with Gasteiger partial charge in [0, 0.05) is 6.42 Å². The Hall–Kier alpha value is -0.710. The quantitative estimate of drug-likeness (QED) is 0.681. The Labute approximate surface area is 85.7 Å². The van der Waals surface area contributed by atoms with Crippen molar-refractivity contribution in [1.29, 1.82) is 0 Å². The zero-order chi connectivity index (χ0) is 11.1. The summed E-state index contributed by atoms with van der Waals surface area (Å²) >= 11 is 0. The van der Waals surface area contributed by atoms with Crippen LogP contribution in [0.4, 0.5) is 13.2 Å². The van der Waals surface area contributed by atoms with E-state index in [1.807, 2.05) is 0 Å². The largest absolute Gasteiger partial charge is 0.498 e. The molecule has 1 aliphatic heterocycles. The molecule has 0 amide bonds. The minimum absolute atomic E-state index is 0.0572. The molecule has 2 nitrogen and oxygen atoms in total. The average molecular weight is 222 g/mol. The van der Waals surface area contributed by atoms with Gasteiger partial charge in [-0.25, -0.2) is 0 Å². The summed E-state index contributed by atoms with van der Waals surface area (Å²) in [6, 6.07) is 0. The van der Waals surface area contributed by atoms with Gasteiger partial charge in [-0.05, 0) is 25.3 Å². The SMILES string of the molecule is OC1(C(F)(F)F)CCOC2=CCCCC21. The van der Waals surface area contributed by atoms with E-state index in [2.05, 4.69) is 0 Å². The van der Waals surface area contributed by atoms with Gasteiger partial charge in [-0.2, -0.15) is 13.2 Å². The van der Waals surface area contributed by atoms with Gasteiger partial charge in [-0.3, -0.25) is 0 Å². The van der Waals surface area contributed by atoms with E-state index >= 15 is 0 Å². The molecular weight excluding hydrogens is 209 g/mol. The number of hydrogen-bond acceptors (Lipinski definition) is 2. The molecule has 0 radical (unpaired) electrons. The van der Waals surface area contributed by atoms with Crippen LogP contribution in [-0.2, 0) is 4.74 Å². The summed E-state index contributed by atoms with van der Waals surface area (Å²) < 4.78 is 43.5. The maximum absolute atomic E-state index is 12.8. The molecular formula is C10H13F3O2. The lowest BCUT2D eigenvalue weighted by atomic mass is 9.75. The van der Waals surface area contributed by atoms with Crippen LogP contribution in [0.3, 0.4) is 0 Å². The molecule has 0 aromatic rings. The second kappa shape index (κ2) is 3.40. The summed E-state index contributed by atoms with van der Waals surface area (Å²) in [6.45, 7) is -0.0572. The normalized spacial score (nSPS) is 36.5. The second-order valence-electron chi connectivity index (χ2n) is 4.11. The fraction of sp³-hybridized carbons (Fsp3) is 0.800. The van der Waals surface area contributed by atoms with E-state index in [-0.39, 0.29) is 13.0 Å². The van der Waals surface area contributed by atoms with Gasteiger partial charge in [-0.1, -0.05) is 0 Å². The highest BCUT2D eigenvalue weighted by atomic mass is 19.4. The van der Waals surface area contributed by atoms with E-state index in [0.717, 1.165) is 6.42 Å². The molecule has 15 heavy (non-hydrogen) atoms. The van der Waals surface area contributed by atoms with Crippen molar-refractivity contribution in [3.63, 3.8) is 0 Å². The van der Waals surface area contributed by atoms with Crippen LogP contribution in [0.5, 0.6) is 0 Å². The van der Waals surface area contributed by atoms with Gasteiger partial charge in [0.05, 0.1) is 18.3 Å². The Kier molecular flexibility index (Phi) is 2.45. The van der Waals surface area contributed by atoms with Crippen LogP contribution < -0.4 is 0 Å². The fourth-order valence-electron chi connectivity index (χ4n) is 2.32. The molecule has 1 aliphatic carbocycles. The molecule has 0 spiro atoms. The molecule has 1 N–H and O–H groups in total. The molecule has 5 heteroatoms. The maximum atomic E-state index is 12.8. The Morgan fingerprint density at radius 2 is 2.20 bits per heavy atom. The van der Waals surface area contributed by atoms with E-state index < -0.39 is 17.7 Å². The highest BCUT2D eigenvalue weighted by Crippen LogP contribution is 2.48. The van der Waals surface area contributed by atoms with Gasteiger partial charge >= 0.3 is 6.18 Å². The van der Waals surface area contributed by atoms with E-state index in [1.165, 1.54) is 0 Å². The lowest BCUT2D eigenvalue weighted by molar-refractivity contribution is -0.293. The lowest BCUT2D eigenvalue weighted by Gasteiger charge is -2.43. The van der Waals surface area contributed by atoms with Crippen molar-refractivity contribution in [3.05, 3.63) is 11.8 Å². The average Bonchev–Trinajstić information content (AvgIpc) is 2.17. The number of hydrogen-bond donors (Lipinski definition) is 1. The van der Waals surface area contributed by atoms with Crippen LogP contribution >= 0.6 is 0 Å². The number of allylic oxidation sites excluding steroid dienone is 1. The third-order valence-corrected chi connectivity index (χ3v) is 3.21. The smallest absolute Gasteiger partial charge is 0.418 e. The van der Waals surface area contributed by atoms with Crippen molar-refractivity contribution >= 4 is 0 Å². The molecule has 0 bridgehead atoms. The molecule has 2 rings (SSSR count). The molecule has 0 aromatic heterocycles. The summed E-state index contributed by atoms with van der Waals surface area (Å²) in [6.07, 6.45) is -1.50. The number of halogens is 3. The third kappa shape index (κ3) is 1.62. The summed E-state index contributed by atoms with van der Waals surface area (Å²) in [4.78, 5) is 0. The van der Waals surface area contributed by atoms with Crippen LogP contribution in [0.1, 0.15) is 25.7 Å². The second-order valence-corrected chi connectivity index (χ2v) is 4.11. The van der Waals surface area contributed by atoms with Gasteiger partial charge in [0.2, 0.25) is 0 Å². The van der Waals surface area contributed by atoms with Crippen molar-refractivity contribution in [1.82, 2.24) is 0 Å². The highest BCUT2D eigenvalue weighted by molar-refractivity contribution is 5.14. The molecule has 0 aromatic carbocycles. The predicted octanol–water partition coefficient (Wildman–Crippen LogP) is 2.38. The zero-order valence-electron chi connectivity index (χ0n) is 8.18. The Morgan fingerprint density at radius 3 is 2.87 bits per heavy atom. The van der Waals surface area contributed by atoms with Crippen LogP contribution in [0.15, 0.2) is 11.8 Å². The number of alkyl halides is 3. The first kappa shape index (κ1) is 10.8. The van der Waals surface area contributed by atoms with Gasteiger partial charge in [0.15, 0.2) is 5.60 Å². The first-order chi connectivity index (χ1) is 6.95. The van der Waals surface area contributed by atoms with Crippen LogP contribution in [0.25, 0.3) is 0 Å². The topological polar surface area (TPSA) is 29.5 Å². The lowest BCUT2D eigenvalue weighted by Crippen LogP contribution is -2.55. The van der Waals surface area contributed by atoms with Crippen LogP contribution in [0.2, 0.25) is 0 Å². The van der Waals surface area contributed by atoms with E-state index in [9.17, 15) is 18.3 Å². The van der Waals surface area contributed by atoms with Gasteiger partial charge in [0.25, 0.3) is 0 Å². The summed E-state index contributed by atoms with van der Waals surface area (Å²) in [5.74, 6) is -0.577. The van der Waals surface area contributed by atoms with Crippen LogP contribution in [-0.4, -0.2) is 23.5 Å². The molecule has 0 saturated carbocycles.